The highest BCUT2D eigenvalue weighted by Crippen LogP contribution is 2.17. The first-order valence-corrected chi connectivity index (χ1v) is 8.92. The normalized spacial score (nSPS) is 17.8. The van der Waals surface area contributed by atoms with Crippen molar-refractivity contribution >= 4 is 17.7 Å². The van der Waals surface area contributed by atoms with Gasteiger partial charge in [-0.05, 0) is 24.8 Å². The van der Waals surface area contributed by atoms with Crippen LogP contribution in [0.2, 0.25) is 0 Å². The van der Waals surface area contributed by atoms with E-state index >= 15 is 0 Å². The lowest BCUT2D eigenvalue weighted by Crippen LogP contribution is -2.53. The molecule has 0 bridgehead atoms. The van der Waals surface area contributed by atoms with Gasteiger partial charge in [-0.15, -0.1) is 0 Å². The fraction of sp³-hybridized carbons (Fsp3) is 0.526. The number of likely N-dealkylation sites (tertiary alicyclic amines) is 1. The van der Waals surface area contributed by atoms with Crippen molar-refractivity contribution in [3.05, 3.63) is 35.9 Å². The highest BCUT2D eigenvalue weighted by molar-refractivity contribution is 5.92. The summed E-state index contributed by atoms with van der Waals surface area (Å²) in [7, 11) is 0. The van der Waals surface area contributed by atoms with Crippen LogP contribution in [0.4, 0.5) is 0 Å². The fourth-order valence-corrected chi connectivity index (χ4v) is 3.11. The van der Waals surface area contributed by atoms with Gasteiger partial charge in [-0.3, -0.25) is 14.4 Å². The summed E-state index contributed by atoms with van der Waals surface area (Å²) in [6.45, 7) is 4.62. The van der Waals surface area contributed by atoms with Crippen LogP contribution < -0.4 is 10.6 Å². The summed E-state index contributed by atoms with van der Waals surface area (Å²) in [5.74, 6) is -0.542. The van der Waals surface area contributed by atoms with Crippen LogP contribution in [0.15, 0.2) is 30.3 Å². The van der Waals surface area contributed by atoms with Gasteiger partial charge in [0.1, 0.15) is 12.1 Å². The van der Waals surface area contributed by atoms with Crippen molar-refractivity contribution in [3.63, 3.8) is 0 Å². The Morgan fingerprint density at radius 1 is 1.24 bits per heavy atom. The number of hydrogen-bond donors (Lipinski definition) is 2. The summed E-state index contributed by atoms with van der Waals surface area (Å²) in [6.07, 6.45) is 2.70. The van der Waals surface area contributed by atoms with E-state index in [-0.39, 0.29) is 17.7 Å². The SMILES string of the molecule is CCCNC(=O)[C@H](Cc1ccccc1)NC(=O)[C@@H]1CCCN1C(C)=O. The summed E-state index contributed by atoms with van der Waals surface area (Å²) in [6, 6.07) is 8.48. The van der Waals surface area contributed by atoms with Crippen molar-refractivity contribution in [1.82, 2.24) is 15.5 Å². The Morgan fingerprint density at radius 3 is 2.60 bits per heavy atom. The third-order valence-corrected chi connectivity index (χ3v) is 4.42. The van der Waals surface area contributed by atoms with E-state index in [0.29, 0.717) is 25.9 Å². The van der Waals surface area contributed by atoms with Gasteiger partial charge in [0, 0.05) is 26.4 Å². The van der Waals surface area contributed by atoms with E-state index in [0.717, 1.165) is 18.4 Å². The van der Waals surface area contributed by atoms with Gasteiger partial charge >= 0.3 is 0 Å². The molecule has 2 N–H and O–H groups in total. The maximum Gasteiger partial charge on any atom is 0.243 e. The van der Waals surface area contributed by atoms with Gasteiger partial charge in [0.2, 0.25) is 17.7 Å². The Kier molecular flexibility index (Phi) is 6.98. The second-order valence-corrected chi connectivity index (χ2v) is 6.41. The van der Waals surface area contributed by atoms with Crippen molar-refractivity contribution in [2.75, 3.05) is 13.1 Å². The molecule has 0 aliphatic carbocycles. The minimum atomic E-state index is -0.643. The number of carbonyl (C=O) groups is 3. The Labute approximate surface area is 149 Å². The summed E-state index contributed by atoms with van der Waals surface area (Å²) in [5, 5.41) is 5.70. The molecular formula is C19H27N3O3. The topological polar surface area (TPSA) is 78.5 Å². The lowest BCUT2D eigenvalue weighted by molar-refractivity contribution is -0.138. The van der Waals surface area contributed by atoms with Crippen LogP contribution in [0.5, 0.6) is 0 Å². The number of nitrogens with one attached hydrogen (secondary N) is 2. The van der Waals surface area contributed by atoms with E-state index in [1.165, 1.54) is 6.92 Å². The molecule has 0 unspecified atom stereocenters. The average molecular weight is 345 g/mol. The van der Waals surface area contributed by atoms with Gasteiger partial charge in [-0.1, -0.05) is 37.3 Å². The van der Waals surface area contributed by atoms with Crippen LogP contribution in [0.3, 0.4) is 0 Å². The van der Waals surface area contributed by atoms with E-state index in [2.05, 4.69) is 10.6 Å². The smallest absolute Gasteiger partial charge is 0.243 e. The molecule has 2 rings (SSSR count). The van der Waals surface area contributed by atoms with Gasteiger partial charge in [0.15, 0.2) is 0 Å². The highest BCUT2D eigenvalue weighted by atomic mass is 16.2. The molecule has 1 aromatic carbocycles. The Hall–Kier alpha value is -2.37. The van der Waals surface area contributed by atoms with Crippen molar-refractivity contribution < 1.29 is 14.4 Å². The molecule has 0 radical (unpaired) electrons. The number of hydrogen-bond acceptors (Lipinski definition) is 3. The molecule has 6 heteroatoms. The quantitative estimate of drug-likeness (QED) is 0.781. The van der Waals surface area contributed by atoms with E-state index in [9.17, 15) is 14.4 Å². The number of carbonyl (C=O) groups excluding carboxylic acids is 3. The van der Waals surface area contributed by atoms with Crippen molar-refractivity contribution in [1.29, 1.82) is 0 Å². The minimum absolute atomic E-state index is 0.104. The third kappa shape index (κ3) is 5.31. The van der Waals surface area contributed by atoms with Gasteiger partial charge < -0.3 is 15.5 Å². The summed E-state index contributed by atoms with van der Waals surface area (Å²) in [4.78, 5) is 38.4. The van der Waals surface area contributed by atoms with Crippen LogP contribution in [0, 0.1) is 0 Å². The molecule has 1 aliphatic rings. The predicted molar refractivity (Wildman–Crippen MR) is 95.8 cm³/mol. The monoisotopic (exact) mass is 345 g/mol. The highest BCUT2D eigenvalue weighted by Gasteiger charge is 2.34. The molecule has 1 saturated heterocycles. The van der Waals surface area contributed by atoms with Gasteiger partial charge in [0.05, 0.1) is 0 Å². The molecule has 0 aromatic heterocycles. The number of nitrogens with zero attached hydrogens (tertiary/aromatic N) is 1. The van der Waals surface area contributed by atoms with E-state index in [4.69, 9.17) is 0 Å². The van der Waals surface area contributed by atoms with Gasteiger partial charge in [-0.25, -0.2) is 0 Å². The van der Waals surface area contributed by atoms with Crippen LogP contribution in [0.1, 0.15) is 38.7 Å². The van der Waals surface area contributed by atoms with Crippen LogP contribution in [0.25, 0.3) is 0 Å². The zero-order chi connectivity index (χ0) is 18.2. The Balaban J connectivity index is 2.07. The van der Waals surface area contributed by atoms with E-state index < -0.39 is 12.1 Å². The molecule has 0 saturated carbocycles. The van der Waals surface area contributed by atoms with Gasteiger partial charge in [-0.2, -0.15) is 0 Å². The Morgan fingerprint density at radius 2 is 1.96 bits per heavy atom. The third-order valence-electron chi connectivity index (χ3n) is 4.42. The second kappa shape index (κ2) is 9.20. The molecular weight excluding hydrogens is 318 g/mol. The predicted octanol–water partition coefficient (Wildman–Crippen LogP) is 1.25. The Bertz CT molecular complexity index is 603. The van der Waals surface area contributed by atoms with Crippen LogP contribution in [-0.4, -0.2) is 47.8 Å². The molecule has 1 heterocycles. The second-order valence-electron chi connectivity index (χ2n) is 6.41. The van der Waals surface area contributed by atoms with Crippen LogP contribution >= 0.6 is 0 Å². The lowest BCUT2D eigenvalue weighted by atomic mass is 10.0. The van der Waals surface area contributed by atoms with E-state index in [1.54, 1.807) is 4.90 Å². The van der Waals surface area contributed by atoms with Crippen LogP contribution in [-0.2, 0) is 20.8 Å². The molecule has 1 fully saturated rings. The van der Waals surface area contributed by atoms with E-state index in [1.807, 2.05) is 37.3 Å². The molecule has 2 atom stereocenters. The maximum atomic E-state index is 12.7. The first-order chi connectivity index (χ1) is 12.0. The molecule has 1 aliphatic heterocycles. The molecule has 3 amide bonds. The molecule has 0 spiro atoms. The zero-order valence-corrected chi connectivity index (χ0v) is 15.0. The maximum absolute atomic E-state index is 12.7. The van der Waals surface area contributed by atoms with Gasteiger partial charge in [0.25, 0.3) is 0 Å². The molecule has 6 nitrogen and oxygen atoms in total. The standard InChI is InChI=1S/C19H27N3O3/c1-3-11-20-18(24)16(13-15-8-5-4-6-9-15)21-19(25)17-10-7-12-22(17)14(2)23/h4-6,8-9,16-17H,3,7,10-13H2,1-2H3,(H,20,24)(H,21,25)/t16-,17-/m0/s1. The van der Waals surface area contributed by atoms with Crippen molar-refractivity contribution in [2.24, 2.45) is 0 Å². The molecule has 136 valence electrons. The average Bonchev–Trinajstić information content (AvgIpc) is 3.10. The molecule has 1 aromatic rings. The first-order valence-electron chi connectivity index (χ1n) is 8.92. The summed E-state index contributed by atoms with van der Waals surface area (Å²) >= 11 is 0. The van der Waals surface area contributed by atoms with Crippen molar-refractivity contribution in [2.45, 2.75) is 51.6 Å². The largest absolute Gasteiger partial charge is 0.354 e. The number of amides is 3. The first kappa shape index (κ1) is 19.0. The summed E-state index contributed by atoms with van der Waals surface area (Å²) < 4.78 is 0. The number of benzene rings is 1. The molecule has 25 heavy (non-hydrogen) atoms. The minimum Gasteiger partial charge on any atom is -0.354 e. The number of rotatable bonds is 7. The van der Waals surface area contributed by atoms with Crippen molar-refractivity contribution in [3.8, 4) is 0 Å². The zero-order valence-electron chi connectivity index (χ0n) is 15.0. The summed E-state index contributed by atoms with van der Waals surface area (Å²) in [5.41, 5.74) is 0.981. The lowest BCUT2D eigenvalue weighted by Gasteiger charge is -2.25. The fourth-order valence-electron chi connectivity index (χ4n) is 3.11.